The molecule has 0 N–H and O–H groups in total. The number of furan rings is 1. The molecule has 0 bridgehead atoms. The van der Waals surface area contributed by atoms with Crippen LogP contribution in [0.4, 0.5) is 11.0 Å². The maximum atomic E-state index is 13.1. The minimum atomic E-state index is -0.667. The number of amides is 1. The average Bonchev–Trinajstić information content (AvgIpc) is 3.38. The van der Waals surface area contributed by atoms with Gasteiger partial charge in [0.25, 0.3) is 5.91 Å². The van der Waals surface area contributed by atoms with E-state index in [1.54, 1.807) is 18.2 Å². The molecule has 3 aromatic rings. The van der Waals surface area contributed by atoms with Crippen LogP contribution in [0.15, 0.2) is 34.7 Å². The van der Waals surface area contributed by atoms with Crippen molar-refractivity contribution in [2.24, 2.45) is 0 Å². The van der Waals surface area contributed by atoms with Crippen LogP contribution < -0.4 is 4.90 Å². The van der Waals surface area contributed by atoms with Crippen LogP contribution in [0.25, 0.3) is 10.2 Å². The highest BCUT2D eigenvalue weighted by atomic mass is 35.5. The third kappa shape index (κ3) is 5.52. The van der Waals surface area contributed by atoms with E-state index in [0.717, 1.165) is 29.9 Å². The summed E-state index contributed by atoms with van der Waals surface area (Å²) in [6.45, 7) is 4.34. The summed E-state index contributed by atoms with van der Waals surface area (Å²) >= 11 is 7.41. The molecule has 0 atom stereocenters. The summed E-state index contributed by atoms with van der Waals surface area (Å²) in [5.41, 5.74) is 0.732. The van der Waals surface area contributed by atoms with E-state index in [1.165, 1.54) is 28.4 Å². The highest BCUT2D eigenvalue weighted by molar-refractivity contribution is 7.22. The first-order valence-corrected chi connectivity index (χ1v) is 10.6. The molecule has 4 rings (SSSR count). The van der Waals surface area contributed by atoms with Crippen LogP contribution in [0.5, 0.6) is 0 Å². The van der Waals surface area contributed by atoms with Crippen molar-refractivity contribution in [3.8, 4) is 0 Å². The van der Waals surface area contributed by atoms with Gasteiger partial charge in [0, 0.05) is 31.2 Å². The maximum Gasteiger partial charge on any atom is 0.433 e. The SMILES string of the molecule is Cl.O=C(c1ccc([N+](=O)[O-])o1)N(CCCN1CCOCC1)c1nc2ccc(Cl)cc2s1. The second kappa shape index (κ2) is 10.4. The monoisotopic (exact) mass is 486 g/mol. The van der Waals surface area contributed by atoms with E-state index in [-0.39, 0.29) is 18.2 Å². The van der Waals surface area contributed by atoms with E-state index in [9.17, 15) is 14.9 Å². The molecule has 166 valence electrons. The number of ether oxygens (including phenoxy) is 1. The van der Waals surface area contributed by atoms with E-state index in [0.29, 0.717) is 36.3 Å². The number of nitrogens with zero attached hydrogens (tertiary/aromatic N) is 4. The second-order valence-electron chi connectivity index (χ2n) is 6.77. The Morgan fingerprint density at radius 1 is 1.29 bits per heavy atom. The number of nitro groups is 1. The first kappa shape index (κ1) is 23.4. The number of benzene rings is 1. The number of halogens is 2. The van der Waals surface area contributed by atoms with Crippen LogP contribution in [0.3, 0.4) is 0 Å². The molecule has 0 radical (unpaired) electrons. The van der Waals surface area contributed by atoms with Crippen LogP contribution in [-0.4, -0.2) is 60.1 Å². The molecular formula is C19H20Cl2N4O5S. The molecule has 31 heavy (non-hydrogen) atoms. The smallest absolute Gasteiger partial charge is 0.395 e. The fourth-order valence-electron chi connectivity index (χ4n) is 3.24. The summed E-state index contributed by atoms with van der Waals surface area (Å²) in [6.07, 6.45) is 0.714. The van der Waals surface area contributed by atoms with Gasteiger partial charge < -0.3 is 9.15 Å². The lowest BCUT2D eigenvalue weighted by molar-refractivity contribution is -0.402. The van der Waals surface area contributed by atoms with E-state index in [2.05, 4.69) is 9.88 Å². The molecule has 1 amide bonds. The Labute approximate surface area is 193 Å². The van der Waals surface area contributed by atoms with Gasteiger partial charge >= 0.3 is 5.88 Å². The number of anilines is 1. The fourth-order valence-corrected chi connectivity index (χ4v) is 4.50. The first-order chi connectivity index (χ1) is 14.5. The van der Waals surface area contributed by atoms with Crippen molar-refractivity contribution in [3.63, 3.8) is 0 Å². The van der Waals surface area contributed by atoms with Crippen molar-refractivity contribution >= 4 is 62.5 Å². The zero-order valence-corrected chi connectivity index (χ0v) is 18.7. The van der Waals surface area contributed by atoms with E-state index >= 15 is 0 Å². The van der Waals surface area contributed by atoms with Gasteiger partial charge in [-0.1, -0.05) is 22.9 Å². The number of aromatic nitrogens is 1. The van der Waals surface area contributed by atoms with Crippen LogP contribution in [0.1, 0.15) is 17.0 Å². The van der Waals surface area contributed by atoms with Crippen LogP contribution >= 0.6 is 35.3 Å². The Hall–Kier alpha value is -2.24. The Bertz CT molecular complexity index is 1070. The summed E-state index contributed by atoms with van der Waals surface area (Å²) in [4.78, 5) is 31.7. The third-order valence-electron chi connectivity index (χ3n) is 4.76. The number of morpholine rings is 1. The van der Waals surface area contributed by atoms with Gasteiger partial charge in [0.15, 0.2) is 10.9 Å². The van der Waals surface area contributed by atoms with Gasteiger partial charge in [-0.15, -0.1) is 12.4 Å². The number of rotatable bonds is 7. The molecule has 1 aromatic carbocycles. The van der Waals surface area contributed by atoms with Gasteiger partial charge in [0.05, 0.1) is 29.5 Å². The number of fused-ring (bicyclic) bond motifs is 1. The number of hydrogen-bond donors (Lipinski definition) is 0. The lowest BCUT2D eigenvalue weighted by atomic mass is 10.3. The maximum absolute atomic E-state index is 13.1. The zero-order chi connectivity index (χ0) is 21.1. The Kier molecular flexibility index (Phi) is 7.84. The van der Waals surface area contributed by atoms with E-state index in [1.807, 2.05) is 0 Å². The highest BCUT2D eigenvalue weighted by Crippen LogP contribution is 2.32. The molecule has 1 aliphatic heterocycles. The van der Waals surface area contributed by atoms with Crippen molar-refractivity contribution in [3.05, 3.63) is 51.2 Å². The first-order valence-electron chi connectivity index (χ1n) is 9.43. The molecule has 1 aliphatic rings. The summed E-state index contributed by atoms with van der Waals surface area (Å²) in [5.74, 6) is -1.02. The molecular weight excluding hydrogens is 467 g/mol. The van der Waals surface area contributed by atoms with Crippen molar-refractivity contribution in [1.29, 1.82) is 0 Å². The van der Waals surface area contributed by atoms with Crippen molar-refractivity contribution < 1.29 is 18.9 Å². The van der Waals surface area contributed by atoms with Crippen LogP contribution in [-0.2, 0) is 4.74 Å². The highest BCUT2D eigenvalue weighted by Gasteiger charge is 2.26. The summed E-state index contributed by atoms with van der Waals surface area (Å²) in [6, 6.07) is 7.84. The summed E-state index contributed by atoms with van der Waals surface area (Å²) in [7, 11) is 0. The minimum Gasteiger partial charge on any atom is -0.395 e. The van der Waals surface area contributed by atoms with Gasteiger partial charge in [0.2, 0.25) is 0 Å². The van der Waals surface area contributed by atoms with Gasteiger partial charge in [-0.25, -0.2) is 4.98 Å². The lowest BCUT2D eigenvalue weighted by Gasteiger charge is -2.27. The van der Waals surface area contributed by atoms with Crippen molar-refractivity contribution in [1.82, 2.24) is 9.88 Å². The second-order valence-corrected chi connectivity index (χ2v) is 8.21. The predicted octanol–water partition coefficient (Wildman–Crippen LogP) is 4.24. The summed E-state index contributed by atoms with van der Waals surface area (Å²) < 4.78 is 11.4. The van der Waals surface area contributed by atoms with Gasteiger partial charge in [-0.2, -0.15) is 0 Å². The number of hydrogen-bond acceptors (Lipinski definition) is 8. The normalized spacial score (nSPS) is 14.4. The molecule has 0 saturated carbocycles. The lowest BCUT2D eigenvalue weighted by Crippen LogP contribution is -2.39. The number of thiazole rings is 1. The van der Waals surface area contributed by atoms with Gasteiger partial charge in [-0.05, 0) is 30.7 Å². The molecule has 0 aliphatic carbocycles. The van der Waals surface area contributed by atoms with Gasteiger partial charge in [-0.3, -0.25) is 24.7 Å². The topological polar surface area (TPSA) is 102 Å². The van der Waals surface area contributed by atoms with Crippen LogP contribution in [0, 0.1) is 10.1 Å². The van der Waals surface area contributed by atoms with E-state index in [4.69, 9.17) is 20.8 Å². The molecule has 1 fully saturated rings. The molecule has 12 heteroatoms. The zero-order valence-electron chi connectivity index (χ0n) is 16.4. The molecule has 0 unspecified atom stereocenters. The minimum absolute atomic E-state index is 0. The van der Waals surface area contributed by atoms with Crippen LogP contribution in [0.2, 0.25) is 5.02 Å². The third-order valence-corrected chi connectivity index (χ3v) is 6.03. The molecule has 1 saturated heterocycles. The fraction of sp³-hybridized carbons (Fsp3) is 0.368. The summed E-state index contributed by atoms with van der Waals surface area (Å²) in [5, 5.41) is 12.0. The quantitative estimate of drug-likeness (QED) is 0.363. The number of carbonyl (C=O) groups is 1. The molecule has 3 heterocycles. The van der Waals surface area contributed by atoms with E-state index < -0.39 is 16.7 Å². The standard InChI is InChI=1S/C19H19ClN4O5S.ClH/c20-13-2-3-14-16(12-13)30-19(21-14)23(7-1-6-22-8-10-28-11-9-22)18(25)15-4-5-17(29-15)24(26)27;/h2-5,12H,1,6-11H2;1H. The van der Waals surface area contributed by atoms with Crippen molar-refractivity contribution in [2.75, 3.05) is 44.3 Å². The average molecular weight is 487 g/mol. The molecule has 2 aromatic heterocycles. The largest absolute Gasteiger partial charge is 0.433 e. The Morgan fingerprint density at radius 3 is 2.77 bits per heavy atom. The Balaban J connectivity index is 0.00000272. The van der Waals surface area contributed by atoms with Crippen molar-refractivity contribution in [2.45, 2.75) is 6.42 Å². The predicted molar refractivity (Wildman–Crippen MR) is 121 cm³/mol. The Morgan fingerprint density at radius 2 is 2.06 bits per heavy atom. The molecule has 9 nitrogen and oxygen atoms in total. The molecule has 0 spiro atoms. The number of carbonyl (C=O) groups excluding carboxylic acids is 1. The van der Waals surface area contributed by atoms with Gasteiger partial charge in [0.1, 0.15) is 4.92 Å².